The van der Waals surface area contributed by atoms with Gasteiger partial charge in [0, 0.05) is 85.4 Å². The van der Waals surface area contributed by atoms with Gasteiger partial charge in [-0.3, -0.25) is 29.4 Å². The first-order chi connectivity index (χ1) is 26.2. The van der Waals surface area contributed by atoms with Crippen LogP contribution >= 0.6 is 11.6 Å². The third-order valence-corrected chi connectivity index (χ3v) is 13.0. The standard InChI is InChI=1S/C43H47ClN6O5/c1-42(2)40(43(3,4)41(42)55-32-10-7-27(20-45)34(44)19-32)47-37(52)26-5-8-31(9-6-26)49-15-13-25(14-16-49)21-48-22-28-17-30-24-50(35-11-12-36(51)46-38(35)53)39(54)33(30)18-29(28)23-48/h5-10,17-19,25,35,40-41H,11-16,21-24H2,1-4H3,(H,47,52)(H,46,51,53). The summed E-state index contributed by atoms with van der Waals surface area (Å²) in [6.07, 6.45) is 2.61. The third-order valence-electron chi connectivity index (χ3n) is 12.7. The fraction of sp³-hybridized carbons (Fsp3) is 0.465. The number of fused-ring (bicyclic) bond motifs is 2. The summed E-state index contributed by atoms with van der Waals surface area (Å²) in [5, 5.41) is 15.2. The summed E-state index contributed by atoms with van der Waals surface area (Å²) < 4.78 is 6.38. The van der Waals surface area contributed by atoms with E-state index in [0.717, 1.165) is 56.8 Å². The summed E-state index contributed by atoms with van der Waals surface area (Å²) in [4.78, 5) is 57.4. The molecule has 2 saturated heterocycles. The maximum Gasteiger partial charge on any atom is 0.255 e. The molecule has 1 aliphatic carbocycles. The molecule has 11 nitrogen and oxygen atoms in total. The number of nitriles is 1. The average molecular weight is 763 g/mol. The van der Waals surface area contributed by atoms with Crippen LogP contribution in [0.25, 0.3) is 0 Å². The number of carbonyl (C=O) groups is 4. The molecule has 3 fully saturated rings. The average Bonchev–Trinajstić information content (AvgIpc) is 3.70. The van der Waals surface area contributed by atoms with E-state index in [-0.39, 0.29) is 53.0 Å². The van der Waals surface area contributed by atoms with Crippen molar-refractivity contribution in [2.24, 2.45) is 16.7 Å². The predicted molar refractivity (Wildman–Crippen MR) is 207 cm³/mol. The predicted octanol–water partition coefficient (Wildman–Crippen LogP) is 5.82. The molecule has 4 aliphatic heterocycles. The minimum atomic E-state index is -0.594. The number of amides is 4. The number of rotatable bonds is 8. The lowest BCUT2D eigenvalue weighted by Gasteiger charge is -2.63. The molecule has 1 saturated carbocycles. The van der Waals surface area contributed by atoms with Crippen molar-refractivity contribution >= 4 is 40.9 Å². The molecule has 3 aromatic rings. The molecule has 55 heavy (non-hydrogen) atoms. The smallest absolute Gasteiger partial charge is 0.255 e. The zero-order chi connectivity index (χ0) is 38.8. The number of hydrogen-bond donors (Lipinski definition) is 2. The zero-order valence-corrected chi connectivity index (χ0v) is 32.5. The fourth-order valence-electron chi connectivity index (χ4n) is 10.0. The Bertz CT molecular complexity index is 2100. The van der Waals surface area contributed by atoms with Gasteiger partial charge < -0.3 is 19.9 Å². The number of halogens is 1. The van der Waals surface area contributed by atoms with Gasteiger partial charge in [-0.25, -0.2) is 0 Å². The molecular formula is C43H47ClN6O5. The lowest BCUT2D eigenvalue weighted by Crippen LogP contribution is -2.74. The van der Waals surface area contributed by atoms with E-state index in [1.54, 1.807) is 23.1 Å². The van der Waals surface area contributed by atoms with Gasteiger partial charge in [0.15, 0.2) is 0 Å². The highest BCUT2D eigenvalue weighted by molar-refractivity contribution is 6.31. The molecule has 4 amide bonds. The van der Waals surface area contributed by atoms with Gasteiger partial charge in [0.25, 0.3) is 11.8 Å². The van der Waals surface area contributed by atoms with Crippen LogP contribution in [0.2, 0.25) is 5.02 Å². The molecule has 0 bridgehead atoms. The minimum absolute atomic E-state index is 0.107. The number of carbonyl (C=O) groups excluding carboxylic acids is 4. The minimum Gasteiger partial charge on any atom is -0.489 e. The van der Waals surface area contributed by atoms with Gasteiger partial charge in [-0.2, -0.15) is 5.26 Å². The maximum atomic E-state index is 13.5. The van der Waals surface area contributed by atoms with Crippen LogP contribution in [-0.4, -0.2) is 71.3 Å². The van der Waals surface area contributed by atoms with E-state index < -0.39 is 6.04 Å². The van der Waals surface area contributed by atoms with E-state index in [4.69, 9.17) is 16.3 Å². The Kier molecular flexibility index (Phi) is 9.41. The van der Waals surface area contributed by atoms with Gasteiger partial charge in [0.1, 0.15) is 24.0 Å². The van der Waals surface area contributed by atoms with Crippen molar-refractivity contribution in [1.82, 2.24) is 20.4 Å². The number of nitrogens with one attached hydrogen (secondary N) is 2. The Hall–Kier alpha value is -4.92. The molecule has 3 aromatic carbocycles. The van der Waals surface area contributed by atoms with Gasteiger partial charge >= 0.3 is 0 Å². The van der Waals surface area contributed by atoms with E-state index in [1.165, 1.54) is 11.1 Å². The van der Waals surface area contributed by atoms with Crippen LogP contribution in [0.4, 0.5) is 5.69 Å². The number of benzene rings is 3. The third kappa shape index (κ3) is 6.74. The molecule has 286 valence electrons. The molecule has 0 radical (unpaired) electrons. The van der Waals surface area contributed by atoms with Crippen molar-refractivity contribution in [2.75, 3.05) is 24.5 Å². The van der Waals surface area contributed by atoms with Crippen LogP contribution in [0, 0.1) is 28.1 Å². The van der Waals surface area contributed by atoms with Crippen molar-refractivity contribution in [1.29, 1.82) is 5.26 Å². The van der Waals surface area contributed by atoms with Crippen molar-refractivity contribution in [3.63, 3.8) is 0 Å². The first kappa shape index (κ1) is 37.0. The van der Waals surface area contributed by atoms with E-state index in [2.05, 4.69) is 60.3 Å². The highest BCUT2D eigenvalue weighted by atomic mass is 35.5. The van der Waals surface area contributed by atoms with Gasteiger partial charge in [-0.1, -0.05) is 45.4 Å². The van der Waals surface area contributed by atoms with E-state index in [1.807, 2.05) is 30.3 Å². The van der Waals surface area contributed by atoms with E-state index in [9.17, 15) is 24.4 Å². The van der Waals surface area contributed by atoms with Gasteiger partial charge in [0.05, 0.1) is 10.6 Å². The Morgan fingerprint density at radius 1 is 0.927 bits per heavy atom. The summed E-state index contributed by atoms with van der Waals surface area (Å²) in [5.74, 6) is 0.290. The molecule has 0 aromatic heterocycles. The van der Waals surface area contributed by atoms with Gasteiger partial charge in [-0.15, -0.1) is 0 Å². The lowest BCUT2D eigenvalue weighted by atomic mass is 9.49. The Labute approximate surface area is 326 Å². The van der Waals surface area contributed by atoms with Crippen LogP contribution in [0.3, 0.4) is 0 Å². The second-order valence-corrected chi connectivity index (χ2v) is 17.5. The van der Waals surface area contributed by atoms with Crippen molar-refractivity contribution in [2.45, 2.75) is 91.2 Å². The molecule has 5 aliphatic rings. The first-order valence-electron chi connectivity index (χ1n) is 19.3. The van der Waals surface area contributed by atoms with Crippen molar-refractivity contribution in [3.05, 3.63) is 93.0 Å². The van der Waals surface area contributed by atoms with Crippen molar-refractivity contribution in [3.8, 4) is 11.8 Å². The number of nitrogens with zero attached hydrogens (tertiary/aromatic N) is 4. The second kappa shape index (κ2) is 14.0. The first-order valence-corrected chi connectivity index (χ1v) is 19.6. The molecule has 1 unspecified atom stereocenters. The molecule has 0 spiro atoms. The summed E-state index contributed by atoms with van der Waals surface area (Å²) in [7, 11) is 0. The van der Waals surface area contributed by atoms with Crippen LogP contribution in [0.5, 0.6) is 5.75 Å². The highest BCUT2D eigenvalue weighted by Gasteiger charge is 2.64. The molecular weight excluding hydrogens is 716 g/mol. The van der Waals surface area contributed by atoms with Gasteiger partial charge in [-0.05, 0) is 84.3 Å². The topological polar surface area (TPSA) is 135 Å². The van der Waals surface area contributed by atoms with E-state index in [0.29, 0.717) is 46.3 Å². The number of imide groups is 1. The number of ether oxygens (including phenoxy) is 1. The van der Waals surface area contributed by atoms with Crippen LogP contribution in [-0.2, 0) is 29.2 Å². The van der Waals surface area contributed by atoms with Crippen LogP contribution < -0.4 is 20.3 Å². The second-order valence-electron chi connectivity index (χ2n) is 17.1. The monoisotopic (exact) mass is 762 g/mol. The number of piperidine rings is 2. The molecule has 1 atom stereocenters. The molecule has 4 heterocycles. The zero-order valence-electron chi connectivity index (χ0n) is 31.8. The lowest BCUT2D eigenvalue weighted by molar-refractivity contribution is -0.164. The normalized spacial score (nSPS) is 24.4. The Morgan fingerprint density at radius 3 is 2.27 bits per heavy atom. The largest absolute Gasteiger partial charge is 0.489 e. The van der Waals surface area contributed by atoms with Crippen LogP contribution in [0.15, 0.2) is 54.6 Å². The van der Waals surface area contributed by atoms with Crippen molar-refractivity contribution < 1.29 is 23.9 Å². The number of anilines is 1. The quantitative estimate of drug-likeness (QED) is 0.275. The maximum absolute atomic E-state index is 13.5. The fourth-order valence-corrected chi connectivity index (χ4v) is 10.3. The molecule has 12 heteroatoms. The van der Waals surface area contributed by atoms with E-state index >= 15 is 0 Å². The summed E-state index contributed by atoms with van der Waals surface area (Å²) >= 11 is 6.25. The molecule has 8 rings (SSSR count). The Balaban J connectivity index is 0.812. The summed E-state index contributed by atoms with van der Waals surface area (Å²) in [5.41, 5.74) is 5.54. The Morgan fingerprint density at radius 2 is 1.62 bits per heavy atom. The SMILES string of the molecule is CC1(C)C(NC(=O)c2ccc(N3CCC(CN4Cc5cc6c(cc5C4)C(=O)N(C4CCC(=O)NC4=O)C6)CC3)cc2)C(C)(C)C1Oc1ccc(C#N)c(Cl)c1. The summed E-state index contributed by atoms with van der Waals surface area (Å²) in [6, 6.07) is 18.6. The van der Waals surface area contributed by atoms with Crippen LogP contribution in [0.1, 0.15) is 96.3 Å². The van der Waals surface area contributed by atoms with Gasteiger partial charge in [0.2, 0.25) is 11.8 Å². The highest BCUT2D eigenvalue weighted by Crippen LogP contribution is 2.55. The number of hydrogen-bond acceptors (Lipinski definition) is 8. The summed E-state index contributed by atoms with van der Waals surface area (Å²) in [6.45, 7) is 13.4. The molecule has 2 N–H and O–H groups in total.